The van der Waals surface area contributed by atoms with Crippen molar-refractivity contribution in [2.24, 2.45) is 0 Å². The fourth-order valence-electron chi connectivity index (χ4n) is 3.66. The van der Waals surface area contributed by atoms with E-state index in [9.17, 15) is 14.0 Å². The third kappa shape index (κ3) is 4.78. The van der Waals surface area contributed by atoms with Gasteiger partial charge in [-0.1, -0.05) is 37.5 Å². The molecule has 1 saturated carbocycles. The van der Waals surface area contributed by atoms with E-state index in [1.807, 2.05) is 0 Å². The summed E-state index contributed by atoms with van der Waals surface area (Å²) in [5.74, 6) is -0.515. The van der Waals surface area contributed by atoms with Crippen molar-refractivity contribution in [2.75, 3.05) is 13.1 Å². The Bertz CT molecular complexity index is 616. The zero-order valence-electron chi connectivity index (χ0n) is 14.5. The van der Waals surface area contributed by atoms with Crippen LogP contribution in [0.4, 0.5) is 4.39 Å². The van der Waals surface area contributed by atoms with Crippen LogP contribution in [0.3, 0.4) is 0 Å². The number of hydrogen-bond acceptors (Lipinski definition) is 3. The Morgan fingerprint density at radius 2 is 2.00 bits per heavy atom. The minimum atomic E-state index is -0.524. The lowest BCUT2D eigenvalue weighted by Crippen LogP contribution is -2.56. The standard InChI is InChI=1S/C19H26FN3O2/c20-16-9-5-4-6-14(16)13-23-11-10-21-17(19(23)25)12-18(24)22-15-7-2-1-3-8-15/h4-6,9,15,17,21H,1-3,7-8,10-13H2,(H,22,24). The number of hydrogen-bond donors (Lipinski definition) is 2. The van der Waals surface area contributed by atoms with Crippen molar-refractivity contribution in [1.82, 2.24) is 15.5 Å². The lowest BCUT2D eigenvalue weighted by molar-refractivity contribution is -0.139. The van der Waals surface area contributed by atoms with E-state index in [4.69, 9.17) is 0 Å². The Labute approximate surface area is 148 Å². The van der Waals surface area contributed by atoms with E-state index in [2.05, 4.69) is 10.6 Å². The number of rotatable bonds is 5. The van der Waals surface area contributed by atoms with Gasteiger partial charge in [-0.2, -0.15) is 0 Å². The van der Waals surface area contributed by atoms with E-state index in [0.29, 0.717) is 18.7 Å². The van der Waals surface area contributed by atoms with Gasteiger partial charge in [0.25, 0.3) is 0 Å². The van der Waals surface area contributed by atoms with Gasteiger partial charge < -0.3 is 15.5 Å². The lowest BCUT2D eigenvalue weighted by atomic mass is 9.95. The Balaban J connectivity index is 1.54. The topological polar surface area (TPSA) is 61.4 Å². The molecule has 0 aromatic heterocycles. The molecule has 0 spiro atoms. The summed E-state index contributed by atoms with van der Waals surface area (Å²) in [4.78, 5) is 26.5. The summed E-state index contributed by atoms with van der Waals surface area (Å²) >= 11 is 0. The summed E-state index contributed by atoms with van der Waals surface area (Å²) in [5, 5.41) is 6.17. The molecule has 5 nitrogen and oxygen atoms in total. The highest BCUT2D eigenvalue weighted by molar-refractivity contribution is 5.89. The van der Waals surface area contributed by atoms with Crippen molar-refractivity contribution in [1.29, 1.82) is 0 Å². The molecule has 1 aliphatic carbocycles. The third-order valence-corrected chi connectivity index (χ3v) is 5.06. The molecule has 1 aromatic carbocycles. The maximum Gasteiger partial charge on any atom is 0.240 e. The van der Waals surface area contributed by atoms with Crippen LogP contribution in [-0.2, 0) is 16.1 Å². The van der Waals surface area contributed by atoms with Crippen LogP contribution < -0.4 is 10.6 Å². The molecule has 1 heterocycles. The quantitative estimate of drug-likeness (QED) is 0.856. The Hall–Kier alpha value is -1.95. The second kappa shape index (κ2) is 8.43. The predicted octanol–water partition coefficient (Wildman–Crippen LogP) is 1.97. The van der Waals surface area contributed by atoms with Crippen molar-refractivity contribution in [3.05, 3.63) is 35.6 Å². The highest BCUT2D eigenvalue weighted by Crippen LogP contribution is 2.18. The lowest BCUT2D eigenvalue weighted by Gasteiger charge is -2.33. The van der Waals surface area contributed by atoms with Gasteiger partial charge in [0.2, 0.25) is 11.8 Å². The van der Waals surface area contributed by atoms with E-state index in [1.54, 1.807) is 23.1 Å². The third-order valence-electron chi connectivity index (χ3n) is 5.06. The molecule has 136 valence electrons. The van der Waals surface area contributed by atoms with E-state index >= 15 is 0 Å². The number of carbonyl (C=O) groups excluding carboxylic acids is 2. The molecule has 0 radical (unpaired) electrons. The fourth-order valence-corrected chi connectivity index (χ4v) is 3.66. The molecule has 3 rings (SSSR count). The van der Waals surface area contributed by atoms with Gasteiger partial charge >= 0.3 is 0 Å². The zero-order chi connectivity index (χ0) is 17.6. The second-order valence-electron chi connectivity index (χ2n) is 6.96. The van der Waals surface area contributed by atoms with E-state index in [-0.39, 0.29) is 36.6 Å². The van der Waals surface area contributed by atoms with Crippen molar-refractivity contribution in [2.45, 2.75) is 57.2 Å². The van der Waals surface area contributed by atoms with Gasteiger partial charge in [0.05, 0.1) is 12.5 Å². The molecule has 2 N–H and O–H groups in total. The molecule has 1 aromatic rings. The first-order valence-corrected chi connectivity index (χ1v) is 9.18. The number of halogens is 1. The molecule has 25 heavy (non-hydrogen) atoms. The predicted molar refractivity (Wildman–Crippen MR) is 93.2 cm³/mol. The first-order chi connectivity index (χ1) is 12.1. The van der Waals surface area contributed by atoms with E-state index in [0.717, 1.165) is 25.7 Å². The molecule has 1 aliphatic heterocycles. The van der Waals surface area contributed by atoms with Crippen LogP contribution in [-0.4, -0.2) is 41.9 Å². The average molecular weight is 347 g/mol. The minimum absolute atomic E-state index is 0.0782. The van der Waals surface area contributed by atoms with Crippen molar-refractivity contribution in [3.63, 3.8) is 0 Å². The number of amides is 2. The van der Waals surface area contributed by atoms with E-state index in [1.165, 1.54) is 12.5 Å². The first kappa shape index (κ1) is 17.9. The number of nitrogens with one attached hydrogen (secondary N) is 2. The van der Waals surface area contributed by atoms with Crippen molar-refractivity contribution in [3.8, 4) is 0 Å². The van der Waals surface area contributed by atoms with Crippen molar-refractivity contribution < 1.29 is 14.0 Å². The Morgan fingerprint density at radius 1 is 1.24 bits per heavy atom. The molecule has 1 unspecified atom stereocenters. The minimum Gasteiger partial charge on any atom is -0.353 e. The molecule has 2 fully saturated rings. The van der Waals surface area contributed by atoms with Crippen LogP contribution in [0.25, 0.3) is 0 Å². The Morgan fingerprint density at radius 3 is 2.76 bits per heavy atom. The summed E-state index contributed by atoms with van der Waals surface area (Å²) in [6.45, 7) is 1.38. The number of nitrogens with zero attached hydrogens (tertiary/aromatic N) is 1. The van der Waals surface area contributed by atoms with Crippen LogP contribution in [0.1, 0.15) is 44.1 Å². The maximum absolute atomic E-state index is 13.8. The average Bonchev–Trinajstić information content (AvgIpc) is 2.61. The number of carbonyl (C=O) groups is 2. The SMILES string of the molecule is O=C(CC1NCCN(Cc2ccccc2F)C1=O)NC1CCCCC1. The number of piperazine rings is 1. The number of benzene rings is 1. The largest absolute Gasteiger partial charge is 0.353 e. The second-order valence-corrected chi connectivity index (χ2v) is 6.96. The van der Waals surface area contributed by atoms with E-state index < -0.39 is 6.04 Å². The van der Waals surface area contributed by atoms with Crippen LogP contribution in [0.2, 0.25) is 0 Å². The van der Waals surface area contributed by atoms with Crippen LogP contribution in [0.15, 0.2) is 24.3 Å². The van der Waals surface area contributed by atoms with Crippen molar-refractivity contribution >= 4 is 11.8 Å². The normalized spacial score (nSPS) is 22.0. The first-order valence-electron chi connectivity index (χ1n) is 9.18. The monoisotopic (exact) mass is 347 g/mol. The van der Waals surface area contributed by atoms with Crippen LogP contribution in [0, 0.1) is 5.82 Å². The van der Waals surface area contributed by atoms with Crippen LogP contribution in [0.5, 0.6) is 0 Å². The summed E-state index contributed by atoms with van der Waals surface area (Å²) in [6.07, 6.45) is 5.74. The summed E-state index contributed by atoms with van der Waals surface area (Å²) in [5.41, 5.74) is 0.503. The maximum atomic E-state index is 13.8. The molecule has 1 saturated heterocycles. The van der Waals surface area contributed by atoms with Gasteiger partial charge in [0.15, 0.2) is 0 Å². The highest BCUT2D eigenvalue weighted by atomic mass is 19.1. The molecular formula is C19H26FN3O2. The smallest absolute Gasteiger partial charge is 0.240 e. The molecule has 6 heteroatoms. The Kier molecular flexibility index (Phi) is 6.02. The van der Waals surface area contributed by atoms with Crippen LogP contribution >= 0.6 is 0 Å². The molecule has 2 amide bonds. The fraction of sp³-hybridized carbons (Fsp3) is 0.579. The summed E-state index contributed by atoms with van der Waals surface area (Å²) in [6, 6.07) is 6.21. The van der Waals surface area contributed by atoms with Gasteiger partial charge in [-0.15, -0.1) is 0 Å². The summed E-state index contributed by atoms with van der Waals surface area (Å²) < 4.78 is 13.8. The molecule has 2 aliphatic rings. The molecule has 1 atom stereocenters. The zero-order valence-corrected chi connectivity index (χ0v) is 14.5. The molecular weight excluding hydrogens is 321 g/mol. The van der Waals surface area contributed by atoms with Gasteiger partial charge in [0.1, 0.15) is 5.82 Å². The molecule has 0 bridgehead atoms. The van der Waals surface area contributed by atoms with Gasteiger partial charge in [-0.25, -0.2) is 4.39 Å². The highest BCUT2D eigenvalue weighted by Gasteiger charge is 2.31. The van der Waals surface area contributed by atoms with Gasteiger partial charge in [0, 0.05) is 31.2 Å². The van der Waals surface area contributed by atoms with Gasteiger partial charge in [-0.05, 0) is 18.9 Å². The summed E-state index contributed by atoms with van der Waals surface area (Å²) in [7, 11) is 0. The van der Waals surface area contributed by atoms with Gasteiger partial charge in [-0.3, -0.25) is 9.59 Å².